The van der Waals surface area contributed by atoms with Crippen LogP contribution in [0.2, 0.25) is 0 Å². The monoisotopic (exact) mass is 256 g/mol. The number of aromatic nitrogens is 2. The second-order valence-electron chi connectivity index (χ2n) is 4.44. The van der Waals surface area contributed by atoms with E-state index in [1.54, 1.807) is 17.1 Å². The van der Waals surface area contributed by atoms with Gasteiger partial charge in [-0.25, -0.2) is 0 Å². The van der Waals surface area contributed by atoms with Crippen LogP contribution < -0.4 is 10.5 Å². The Morgan fingerprint density at radius 3 is 2.58 bits per heavy atom. The van der Waals surface area contributed by atoms with Crippen molar-refractivity contribution in [3.05, 3.63) is 41.2 Å². The summed E-state index contributed by atoms with van der Waals surface area (Å²) >= 11 is 0. The van der Waals surface area contributed by atoms with Gasteiger partial charge in [0.05, 0.1) is 30.1 Å². The first-order valence-electron chi connectivity index (χ1n) is 6.02. The summed E-state index contributed by atoms with van der Waals surface area (Å²) in [6.45, 7) is 5.02. The topological polar surface area (TPSA) is 76.9 Å². The highest BCUT2D eigenvalue weighted by Crippen LogP contribution is 2.24. The van der Waals surface area contributed by atoms with Gasteiger partial charge in [0.1, 0.15) is 12.4 Å². The zero-order chi connectivity index (χ0) is 13.8. The van der Waals surface area contributed by atoms with Crippen LogP contribution in [0.3, 0.4) is 0 Å². The Morgan fingerprint density at radius 2 is 2.05 bits per heavy atom. The van der Waals surface area contributed by atoms with E-state index in [1.165, 1.54) is 0 Å². The van der Waals surface area contributed by atoms with Crippen LogP contribution in [0, 0.1) is 25.2 Å². The van der Waals surface area contributed by atoms with Crippen LogP contribution >= 0.6 is 0 Å². The summed E-state index contributed by atoms with van der Waals surface area (Å²) in [6.07, 6.45) is 3.38. The van der Waals surface area contributed by atoms with E-state index in [0.29, 0.717) is 24.4 Å². The largest absolute Gasteiger partial charge is 0.491 e. The number of hydrogen-bond acceptors (Lipinski definition) is 4. The summed E-state index contributed by atoms with van der Waals surface area (Å²) in [5.41, 5.74) is 8.82. The predicted octanol–water partition coefficient (Wildman–Crippen LogP) is 2.03. The molecule has 5 nitrogen and oxygen atoms in total. The van der Waals surface area contributed by atoms with Gasteiger partial charge in [0.15, 0.2) is 0 Å². The lowest BCUT2D eigenvalue weighted by Crippen LogP contribution is -2.09. The third-order valence-corrected chi connectivity index (χ3v) is 2.81. The predicted molar refractivity (Wildman–Crippen MR) is 72.8 cm³/mol. The van der Waals surface area contributed by atoms with Gasteiger partial charge in [-0.1, -0.05) is 0 Å². The fourth-order valence-electron chi connectivity index (χ4n) is 1.99. The summed E-state index contributed by atoms with van der Waals surface area (Å²) in [5, 5.41) is 13.0. The van der Waals surface area contributed by atoms with Crippen LogP contribution in [0.4, 0.5) is 5.69 Å². The highest BCUT2D eigenvalue weighted by Gasteiger charge is 2.06. The van der Waals surface area contributed by atoms with E-state index in [9.17, 15) is 0 Å². The molecule has 0 aliphatic heterocycles. The van der Waals surface area contributed by atoms with Gasteiger partial charge in [-0.05, 0) is 37.1 Å². The number of aryl methyl sites for hydroxylation is 2. The zero-order valence-electron chi connectivity index (χ0n) is 11.1. The van der Waals surface area contributed by atoms with Crippen molar-refractivity contribution in [2.24, 2.45) is 0 Å². The average Bonchev–Trinajstić information content (AvgIpc) is 2.78. The van der Waals surface area contributed by atoms with Gasteiger partial charge in [0.25, 0.3) is 0 Å². The molecule has 2 aromatic rings. The molecule has 0 unspecified atom stereocenters. The van der Waals surface area contributed by atoms with Crippen molar-refractivity contribution in [2.45, 2.75) is 20.4 Å². The van der Waals surface area contributed by atoms with Crippen LogP contribution in [0.5, 0.6) is 5.75 Å². The maximum atomic E-state index is 8.89. The van der Waals surface area contributed by atoms with Crippen molar-refractivity contribution < 1.29 is 4.74 Å². The lowest BCUT2D eigenvalue weighted by molar-refractivity contribution is 0.288. The number of anilines is 1. The van der Waals surface area contributed by atoms with Crippen LogP contribution in [0.15, 0.2) is 24.5 Å². The summed E-state index contributed by atoms with van der Waals surface area (Å²) < 4.78 is 7.51. The molecule has 0 saturated heterocycles. The van der Waals surface area contributed by atoms with Gasteiger partial charge in [-0.2, -0.15) is 10.4 Å². The molecule has 0 bridgehead atoms. The number of nitrogens with two attached hydrogens (primary N) is 1. The van der Waals surface area contributed by atoms with Crippen LogP contribution in [0.25, 0.3) is 0 Å². The quantitative estimate of drug-likeness (QED) is 0.908. The first kappa shape index (κ1) is 13.0. The number of rotatable bonds is 4. The fourth-order valence-corrected chi connectivity index (χ4v) is 1.99. The van der Waals surface area contributed by atoms with E-state index in [4.69, 9.17) is 15.7 Å². The van der Waals surface area contributed by atoms with Gasteiger partial charge in [-0.3, -0.25) is 4.68 Å². The third-order valence-electron chi connectivity index (χ3n) is 2.81. The number of ether oxygens (including phenoxy) is 1. The molecule has 98 valence electrons. The molecule has 2 N–H and O–H groups in total. The van der Waals surface area contributed by atoms with Crippen molar-refractivity contribution in [1.82, 2.24) is 9.78 Å². The molecule has 0 aliphatic carbocycles. The standard InChI is InChI=1S/C14H16N4O/c1-10-5-12(7-15)6-11(2)14(10)19-4-3-18-9-13(16)8-17-18/h5-6,8-9H,3-4,16H2,1-2H3. The minimum absolute atomic E-state index is 0.509. The molecule has 5 heteroatoms. The van der Waals surface area contributed by atoms with Crippen molar-refractivity contribution in [2.75, 3.05) is 12.3 Å². The van der Waals surface area contributed by atoms with Crippen molar-refractivity contribution in [1.29, 1.82) is 5.26 Å². The number of nitrogen functional groups attached to an aromatic ring is 1. The highest BCUT2D eigenvalue weighted by atomic mass is 16.5. The maximum Gasteiger partial charge on any atom is 0.125 e. The second-order valence-corrected chi connectivity index (χ2v) is 4.44. The van der Waals surface area contributed by atoms with E-state index < -0.39 is 0 Å². The fraction of sp³-hybridized carbons (Fsp3) is 0.286. The highest BCUT2D eigenvalue weighted by molar-refractivity contribution is 5.47. The SMILES string of the molecule is Cc1cc(C#N)cc(C)c1OCCn1cc(N)cn1. The van der Waals surface area contributed by atoms with Gasteiger partial charge in [-0.15, -0.1) is 0 Å². The summed E-state index contributed by atoms with van der Waals surface area (Å²) in [4.78, 5) is 0. The molecule has 19 heavy (non-hydrogen) atoms. The molecule has 0 saturated carbocycles. The Morgan fingerprint density at radius 1 is 1.37 bits per heavy atom. The molecule has 0 atom stereocenters. The van der Waals surface area contributed by atoms with E-state index in [2.05, 4.69) is 11.2 Å². The Labute approximate surface area is 112 Å². The molecular weight excluding hydrogens is 240 g/mol. The van der Waals surface area contributed by atoms with Crippen molar-refractivity contribution >= 4 is 5.69 Å². The maximum absolute atomic E-state index is 8.89. The Bertz CT molecular complexity index is 602. The van der Waals surface area contributed by atoms with Crippen LogP contribution in [-0.4, -0.2) is 16.4 Å². The molecule has 0 amide bonds. The molecule has 1 aromatic heterocycles. The van der Waals surface area contributed by atoms with Crippen LogP contribution in [-0.2, 0) is 6.54 Å². The molecular formula is C14H16N4O. The van der Waals surface area contributed by atoms with E-state index in [1.807, 2.05) is 26.0 Å². The van der Waals surface area contributed by atoms with Gasteiger partial charge >= 0.3 is 0 Å². The lowest BCUT2D eigenvalue weighted by Gasteiger charge is -2.12. The summed E-state index contributed by atoms with van der Waals surface area (Å²) in [6, 6.07) is 5.79. The van der Waals surface area contributed by atoms with Gasteiger partial charge < -0.3 is 10.5 Å². The van der Waals surface area contributed by atoms with Crippen molar-refractivity contribution in [3.8, 4) is 11.8 Å². The molecule has 1 heterocycles. The first-order chi connectivity index (χ1) is 9.10. The Kier molecular flexibility index (Phi) is 3.71. The van der Waals surface area contributed by atoms with Crippen LogP contribution in [0.1, 0.15) is 16.7 Å². The smallest absolute Gasteiger partial charge is 0.125 e. The number of hydrogen-bond donors (Lipinski definition) is 1. The molecule has 0 radical (unpaired) electrons. The van der Waals surface area contributed by atoms with E-state index in [0.717, 1.165) is 16.9 Å². The Hall–Kier alpha value is -2.48. The second kappa shape index (κ2) is 5.44. The molecule has 0 spiro atoms. The van der Waals surface area contributed by atoms with E-state index >= 15 is 0 Å². The Balaban J connectivity index is 2.02. The molecule has 0 fully saturated rings. The first-order valence-corrected chi connectivity index (χ1v) is 6.02. The normalized spacial score (nSPS) is 10.2. The molecule has 2 rings (SSSR count). The minimum atomic E-state index is 0.509. The lowest BCUT2D eigenvalue weighted by atomic mass is 10.1. The number of nitrogens with zero attached hydrogens (tertiary/aromatic N) is 3. The zero-order valence-corrected chi connectivity index (χ0v) is 11.1. The molecule has 0 aliphatic rings. The minimum Gasteiger partial charge on any atom is -0.491 e. The summed E-state index contributed by atoms with van der Waals surface area (Å²) in [7, 11) is 0. The summed E-state index contributed by atoms with van der Waals surface area (Å²) in [5.74, 6) is 0.833. The number of nitriles is 1. The molecule has 1 aromatic carbocycles. The van der Waals surface area contributed by atoms with Gasteiger partial charge in [0.2, 0.25) is 0 Å². The van der Waals surface area contributed by atoms with E-state index in [-0.39, 0.29) is 0 Å². The number of benzene rings is 1. The third kappa shape index (κ3) is 3.05. The van der Waals surface area contributed by atoms with Crippen molar-refractivity contribution in [3.63, 3.8) is 0 Å². The average molecular weight is 256 g/mol. The van der Waals surface area contributed by atoms with Gasteiger partial charge in [0, 0.05) is 6.20 Å².